The number of aliphatic imine (C=N–C) groups is 1. The molecule has 2 fully saturated rings. The number of halogens is 2. The van der Waals surface area contributed by atoms with E-state index in [0.29, 0.717) is 31.5 Å². The molecule has 300 valence electrons. The molecule has 2 aromatic carbocycles. The third-order valence-corrected chi connectivity index (χ3v) is 9.68. The van der Waals surface area contributed by atoms with Crippen molar-refractivity contribution in [2.75, 3.05) is 39.4 Å². The molecule has 5 heterocycles. The second-order valence-corrected chi connectivity index (χ2v) is 13.1. The van der Waals surface area contributed by atoms with E-state index in [1.54, 1.807) is 12.1 Å². The summed E-state index contributed by atoms with van der Waals surface area (Å²) in [4.78, 5) is 42.2. The number of carbonyl (C=O) groups is 2. The minimum Gasteiger partial charge on any atom is -0.870 e. The Bertz CT molecular complexity index is 2380. The summed E-state index contributed by atoms with van der Waals surface area (Å²) in [6.07, 6.45) is 0.390. The summed E-state index contributed by atoms with van der Waals surface area (Å²) >= 11 is 0. The Labute approximate surface area is 345 Å². The van der Waals surface area contributed by atoms with Gasteiger partial charge in [-0.3, -0.25) is 29.8 Å². The van der Waals surface area contributed by atoms with Gasteiger partial charge in [-0.05, 0) is 80.0 Å². The van der Waals surface area contributed by atoms with E-state index >= 15 is 0 Å². The number of benzene rings is 2. The van der Waals surface area contributed by atoms with Gasteiger partial charge < -0.3 is 35.0 Å². The number of carbonyl (C=O) groups excluding carboxylic acids is 2. The Kier molecular flexibility index (Phi) is 12.6. The summed E-state index contributed by atoms with van der Waals surface area (Å²) < 4.78 is 53.8. The number of likely N-dealkylation sites (tertiary alicyclic amines) is 2. The van der Waals surface area contributed by atoms with Crippen LogP contribution < -0.4 is 50.3 Å². The molecule has 0 radical (unpaired) electrons. The molecule has 0 spiro atoms. The Morgan fingerprint density at radius 3 is 2.02 bits per heavy atom. The monoisotopic (exact) mass is 820 g/mol. The van der Waals surface area contributed by atoms with Crippen molar-refractivity contribution in [3.05, 3.63) is 86.5 Å². The molecular weight excluding hydrogens is 789 g/mol. The summed E-state index contributed by atoms with van der Waals surface area (Å²) in [6, 6.07) is 8.10. The molecule has 58 heavy (non-hydrogen) atoms. The molecule has 5 aromatic rings. The van der Waals surface area contributed by atoms with Crippen molar-refractivity contribution < 1.29 is 92.1 Å². The first-order chi connectivity index (χ1) is 27.1. The molecule has 2 unspecified atom stereocenters. The summed E-state index contributed by atoms with van der Waals surface area (Å²) in [7, 11) is 0. The van der Waals surface area contributed by atoms with Gasteiger partial charge in [0.2, 0.25) is 29.0 Å². The molecule has 2 amide bonds. The molecule has 2 saturated heterocycles. The minimum absolute atomic E-state index is 0. The first-order valence-corrected chi connectivity index (χ1v) is 17.0. The maximum Gasteiger partial charge on any atom is 1.00 e. The second-order valence-electron chi connectivity index (χ2n) is 13.1. The smallest absolute Gasteiger partial charge is 0.870 e. The van der Waals surface area contributed by atoms with Gasteiger partial charge >= 0.3 is 35.3 Å². The fourth-order valence-electron chi connectivity index (χ4n) is 6.58. The van der Waals surface area contributed by atoms with E-state index in [1.807, 2.05) is 5.48 Å². The average Bonchev–Trinajstić information content (AvgIpc) is 3.90. The van der Waals surface area contributed by atoms with Gasteiger partial charge in [0.25, 0.3) is 11.8 Å². The first-order valence-electron chi connectivity index (χ1n) is 17.0. The molecule has 25 heteroatoms. The quantitative estimate of drug-likeness (QED) is 0.0458. The van der Waals surface area contributed by atoms with E-state index in [4.69, 9.17) is 28.8 Å². The summed E-state index contributed by atoms with van der Waals surface area (Å²) in [5.41, 5.74) is 5.38. The van der Waals surface area contributed by atoms with Crippen molar-refractivity contribution in [2.45, 2.75) is 37.1 Å². The Morgan fingerprint density at radius 2 is 1.40 bits per heavy atom. The minimum atomic E-state index is -0.725. The molecule has 2 aliphatic heterocycles. The molecular formula is C33H31F2N10NaO12. The third kappa shape index (κ3) is 8.07. The standard InChI is InChI=1S/C17H14FN5O6.C16H16FN5O5.Na.H2O/c18-9-2-1-8-3-12(11(8)4-9)23-15(20-28-17(23)26)14-16(21-29-19-14)27-10-5-22(6-10)13(25)7-24;17-9-2-1-8-3-12(11(8)4-9)18-15(19-25)14-16(21-27-20-14)26-10-5-22(6-10)13(24)7-23;;/h1-2,4,10,12,24H,3,5-7H2;1-2,4,10,12,23,25H,3,5-7H2,(H,18,19);;1H2/q;;+1;/p-1. The predicted octanol–water partition coefficient (Wildman–Crippen LogP) is -3.61. The molecule has 4 aliphatic rings. The molecule has 2 atom stereocenters. The van der Waals surface area contributed by atoms with Crippen LogP contribution >= 0.6 is 0 Å². The summed E-state index contributed by atoms with van der Waals surface area (Å²) in [6.45, 7) is -0.00444. The normalized spacial score (nSPS) is 18.0. The zero-order chi connectivity index (χ0) is 39.1. The summed E-state index contributed by atoms with van der Waals surface area (Å²) in [5, 5.41) is 45.7. The molecule has 0 bridgehead atoms. The van der Waals surface area contributed by atoms with E-state index in [-0.39, 0.29) is 113 Å². The van der Waals surface area contributed by atoms with Gasteiger partial charge in [0.15, 0.2) is 5.84 Å². The number of rotatable bonds is 10. The number of nitrogens with one attached hydrogen (secondary N) is 1. The number of hydrogen-bond acceptors (Lipinski definition) is 18. The number of ether oxygens (including phenoxy) is 2. The van der Waals surface area contributed by atoms with Crippen molar-refractivity contribution in [2.24, 2.45) is 4.99 Å². The number of hydrogen-bond donors (Lipinski definition) is 4. The molecule has 3 aromatic heterocycles. The first kappa shape index (κ1) is 42.0. The van der Waals surface area contributed by atoms with Gasteiger partial charge in [-0.15, -0.1) is 0 Å². The summed E-state index contributed by atoms with van der Waals surface area (Å²) in [5.74, 6) is -2.24. The van der Waals surface area contributed by atoms with E-state index in [0.717, 1.165) is 16.7 Å². The molecule has 22 nitrogen and oxygen atoms in total. The zero-order valence-electron chi connectivity index (χ0n) is 30.3. The van der Waals surface area contributed by atoms with Crippen LogP contribution in [0.3, 0.4) is 0 Å². The number of fused-ring (bicyclic) bond motifs is 2. The van der Waals surface area contributed by atoms with E-state index in [9.17, 15) is 28.4 Å². The molecule has 0 saturated carbocycles. The second kappa shape index (κ2) is 17.5. The van der Waals surface area contributed by atoms with Gasteiger partial charge in [0.1, 0.15) is 37.1 Å². The Morgan fingerprint density at radius 1 is 0.828 bits per heavy atom. The number of aliphatic hydroxyl groups is 2. The van der Waals surface area contributed by atoms with Crippen LogP contribution in [-0.2, 0) is 22.4 Å². The maximum atomic E-state index is 13.6. The van der Waals surface area contributed by atoms with Gasteiger partial charge in [0.05, 0.1) is 38.3 Å². The van der Waals surface area contributed by atoms with Crippen LogP contribution in [-0.4, -0.2) is 130 Å². The number of nitrogens with zero attached hydrogens (tertiary/aromatic N) is 9. The van der Waals surface area contributed by atoms with Gasteiger partial charge in [-0.25, -0.2) is 27.4 Å². The van der Waals surface area contributed by atoms with Crippen molar-refractivity contribution in [3.63, 3.8) is 0 Å². The van der Waals surface area contributed by atoms with Crippen LogP contribution in [0.5, 0.6) is 11.8 Å². The van der Waals surface area contributed by atoms with Crippen LogP contribution in [0.4, 0.5) is 8.78 Å². The van der Waals surface area contributed by atoms with Crippen LogP contribution in [0, 0.1) is 11.6 Å². The van der Waals surface area contributed by atoms with Crippen LogP contribution in [0.15, 0.2) is 60.0 Å². The number of aliphatic hydroxyl groups excluding tert-OH is 2. The number of amidine groups is 1. The number of amides is 2. The SMILES string of the molecule is O=C(CO)N1CC(Oc2nonc2-c2noc(=O)n2C2Cc3ccc(F)cc32)C1.O=C(CO)N1CC(Oc2nonc2C(=NC2Cc3ccc(F)cc32)NO)C1.[Na+].[OH-]. The Balaban J connectivity index is 0.000000190. The van der Waals surface area contributed by atoms with Crippen molar-refractivity contribution >= 4 is 17.6 Å². The number of aromatic nitrogens is 6. The fourth-order valence-corrected chi connectivity index (χ4v) is 6.58. The molecule has 2 aliphatic carbocycles. The van der Waals surface area contributed by atoms with Gasteiger partial charge in [0, 0.05) is 0 Å². The van der Waals surface area contributed by atoms with E-state index in [1.165, 1.54) is 38.6 Å². The van der Waals surface area contributed by atoms with Crippen molar-refractivity contribution in [1.29, 1.82) is 0 Å². The average molecular weight is 821 g/mol. The topological polar surface area (TPSA) is 300 Å². The largest absolute Gasteiger partial charge is 1.00 e. The number of hydroxylamine groups is 1. The molecule has 5 N–H and O–H groups in total. The van der Waals surface area contributed by atoms with Gasteiger partial charge in [-0.2, -0.15) is 0 Å². The van der Waals surface area contributed by atoms with Crippen molar-refractivity contribution in [3.8, 4) is 23.3 Å². The maximum absolute atomic E-state index is 13.6. The van der Waals surface area contributed by atoms with Crippen LogP contribution in [0.2, 0.25) is 0 Å². The fraction of sp³-hybridized carbons (Fsp3) is 0.364. The van der Waals surface area contributed by atoms with Crippen molar-refractivity contribution in [1.82, 2.24) is 45.6 Å². The van der Waals surface area contributed by atoms with Crippen LogP contribution in [0.25, 0.3) is 11.5 Å². The van der Waals surface area contributed by atoms with E-state index < -0.39 is 36.7 Å². The molecule has 9 rings (SSSR count). The Hall–Kier alpha value is -5.63. The van der Waals surface area contributed by atoms with Gasteiger partial charge in [-0.1, -0.05) is 17.3 Å². The third-order valence-electron chi connectivity index (χ3n) is 9.68. The van der Waals surface area contributed by atoms with Crippen LogP contribution in [0.1, 0.15) is 40.0 Å². The zero-order valence-corrected chi connectivity index (χ0v) is 32.3. The van der Waals surface area contributed by atoms with E-state index in [2.05, 4.69) is 35.4 Å². The predicted molar refractivity (Wildman–Crippen MR) is 179 cm³/mol.